The van der Waals surface area contributed by atoms with E-state index in [0.717, 1.165) is 30.5 Å². The molecule has 0 aromatic rings. The number of allylic oxidation sites excluding steroid dienone is 2. The smallest absolute Gasteiger partial charge is 0.0641 e. The van der Waals surface area contributed by atoms with Crippen molar-refractivity contribution in [3.05, 3.63) is 23.9 Å². The fraction of sp³-hybridized carbons (Fsp3) is 0.556. The van der Waals surface area contributed by atoms with Crippen LogP contribution in [-0.4, -0.2) is 11.7 Å². The van der Waals surface area contributed by atoms with E-state index in [9.17, 15) is 0 Å². The highest BCUT2D eigenvalue weighted by molar-refractivity contribution is 5.11. The van der Waals surface area contributed by atoms with Crippen LogP contribution in [0.25, 0.3) is 0 Å². The van der Waals surface area contributed by atoms with Crippen LogP contribution in [-0.2, 0) is 0 Å². The van der Waals surface area contributed by atoms with E-state index >= 15 is 0 Å². The van der Waals surface area contributed by atoms with Gasteiger partial charge in [-0.1, -0.05) is 12.7 Å². The number of rotatable bonds is 2. The Balaban J connectivity index is 2.47. The molecule has 0 spiro atoms. The molecule has 0 bridgehead atoms. The molecule has 3 N–H and O–H groups in total. The maximum Gasteiger partial charge on any atom is 0.0641 e. The quantitative estimate of drug-likeness (QED) is 0.585. The van der Waals surface area contributed by atoms with Crippen LogP contribution in [0.1, 0.15) is 19.3 Å². The Hall–Kier alpha value is -0.760. The van der Waals surface area contributed by atoms with Crippen LogP contribution in [0.3, 0.4) is 0 Å². The zero-order valence-corrected chi connectivity index (χ0v) is 6.71. The molecule has 0 fully saturated rings. The van der Waals surface area contributed by atoms with E-state index in [4.69, 9.17) is 10.8 Å². The standard InChI is InChI=1S/C9H15NO/c1-7(10)9-4-2-8(6-11)3-5-9/h2,9,11H,1,3-6,10H2/t9-/m1/s1. The van der Waals surface area contributed by atoms with Gasteiger partial charge < -0.3 is 10.8 Å². The van der Waals surface area contributed by atoms with Gasteiger partial charge >= 0.3 is 0 Å². The molecule has 2 heteroatoms. The molecule has 0 aliphatic heterocycles. The van der Waals surface area contributed by atoms with Crippen LogP contribution in [0.2, 0.25) is 0 Å². The van der Waals surface area contributed by atoms with Crippen molar-refractivity contribution in [3.63, 3.8) is 0 Å². The summed E-state index contributed by atoms with van der Waals surface area (Å²) >= 11 is 0. The molecule has 11 heavy (non-hydrogen) atoms. The van der Waals surface area contributed by atoms with Gasteiger partial charge in [-0.05, 0) is 24.8 Å². The Morgan fingerprint density at radius 1 is 1.82 bits per heavy atom. The van der Waals surface area contributed by atoms with E-state index < -0.39 is 0 Å². The molecule has 0 saturated carbocycles. The lowest BCUT2D eigenvalue weighted by molar-refractivity contribution is 0.319. The highest BCUT2D eigenvalue weighted by atomic mass is 16.3. The molecule has 1 atom stereocenters. The number of hydrogen-bond donors (Lipinski definition) is 2. The maximum atomic E-state index is 8.79. The Kier molecular flexibility index (Phi) is 2.71. The second kappa shape index (κ2) is 3.58. The molecule has 0 aromatic carbocycles. The van der Waals surface area contributed by atoms with Gasteiger partial charge in [0, 0.05) is 11.6 Å². The average Bonchev–Trinajstić information content (AvgIpc) is 2.05. The minimum absolute atomic E-state index is 0.198. The van der Waals surface area contributed by atoms with E-state index in [2.05, 4.69) is 12.7 Å². The summed E-state index contributed by atoms with van der Waals surface area (Å²) in [5.41, 5.74) is 7.49. The maximum absolute atomic E-state index is 8.79. The van der Waals surface area contributed by atoms with Gasteiger partial charge in [-0.15, -0.1) is 0 Å². The van der Waals surface area contributed by atoms with E-state index in [-0.39, 0.29) is 6.61 Å². The van der Waals surface area contributed by atoms with Gasteiger partial charge in [0.05, 0.1) is 6.61 Å². The Bertz CT molecular complexity index is 184. The molecule has 0 heterocycles. The van der Waals surface area contributed by atoms with Crippen molar-refractivity contribution in [2.75, 3.05) is 6.61 Å². The summed E-state index contributed by atoms with van der Waals surface area (Å²) < 4.78 is 0. The zero-order valence-electron chi connectivity index (χ0n) is 6.71. The lowest BCUT2D eigenvalue weighted by Crippen LogP contribution is -2.14. The molecule has 2 nitrogen and oxygen atoms in total. The highest BCUT2D eigenvalue weighted by Gasteiger charge is 2.14. The monoisotopic (exact) mass is 153 g/mol. The van der Waals surface area contributed by atoms with E-state index in [1.54, 1.807) is 0 Å². The van der Waals surface area contributed by atoms with E-state index in [0.29, 0.717) is 5.92 Å². The third kappa shape index (κ3) is 2.09. The first-order valence-electron chi connectivity index (χ1n) is 3.97. The van der Waals surface area contributed by atoms with Gasteiger partial charge in [0.1, 0.15) is 0 Å². The summed E-state index contributed by atoms with van der Waals surface area (Å²) in [7, 11) is 0. The van der Waals surface area contributed by atoms with Crippen molar-refractivity contribution in [1.82, 2.24) is 0 Å². The summed E-state index contributed by atoms with van der Waals surface area (Å²) in [4.78, 5) is 0. The molecule has 1 rings (SSSR count). The van der Waals surface area contributed by atoms with Crippen LogP contribution >= 0.6 is 0 Å². The molecule has 1 aliphatic carbocycles. The topological polar surface area (TPSA) is 46.2 Å². The average molecular weight is 153 g/mol. The summed E-state index contributed by atoms with van der Waals surface area (Å²) in [6.45, 7) is 3.91. The van der Waals surface area contributed by atoms with Crippen molar-refractivity contribution < 1.29 is 5.11 Å². The highest BCUT2D eigenvalue weighted by Crippen LogP contribution is 2.25. The summed E-state index contributed by atoms with van der Waals surface area (Å²) in [5, 5.41) is 8.79. The van der Waals surface area contributed by atoms with Crippen LogP contribution in [0, 0.1) is 5.92 Å². The van der Waals surface area contributed by atoms with Crippen molar-refractivity contribution in [2.45, 2.75) is 19.3 Å². The second-order valence-electron chi connectivity index (χ2n) is 3.07. The molecule has 0 saturated heterocycles. The molecule has 0 aromatic heterocycles. The van der Waals surface area contributed by atoms with Gasteiger partial charge in [0.2, 0.25) is 0 Å². The summed E-state index contributed by atoms with van der Waals surface area (Å²) in [6, 6.07) is 0. The van der Waals surface area contributed by atoms with Gasteiger partial charge in [0.25, 0.3) is 0 Å². The second-order valence-corrected chi connectivity index (χ2v) is 3.07. The minimum atomic E-state index is 0.198. The first-order valence-corrected chi connectivity index (χ1v) is 3.97. The van der Waals surface area contributed by atoms with Crippen molar-refractivity contribution >= 4 is 0 Å². The number of hydrogen-bond acceptors (Lipinski definition) is 2. The molecule has 0 unspecified atom stereocenters. The van der Waals surface area contributed by atoms with Crippen molar-refractivity contribution in [3.8, 4) is 0 Å². The van der Waals surface area contributed by atoms with Crippen LogP contribution in [0.4, 0.5) is 0 Å². The first kappa shape index (κ1) is 8.34. The summed E-state index contributed by atoms with van der Waals surface area (Å²) in [6.07, 6.45) is 5.04. The Morgan fingerprint density at radius 2 is 2.55 bits per heavy atom. The fourth-order valence-electron chi connectivity index (χ4n) is 1.37. The first-order chi connectivity index (χ1) is 5.24. The number of aliphatic hydroxyl groups excluding tert-OH is 1. The normalized spacial score (nSPS) is 24.5. The predicted molar refractivity (Wildman–Crippen MR) is 45.8 cm³/mol. The largest absolute Gasteiger partial charge is 0.402 e. The summed E-state index contributed by atoms with van der Waals surface area (Å²) in [5.74, 6) is 0.435. The van der Waals surface area contributed by atoms with Gasteiger partial charge in [-0.25, -0.2) is 0 Å². The molecular formula is C9H15NO. The molecule has 0 radical (unpaired) electrons. The van der Waals surface area contributed by atoms with Gasteiger partial charge in [-0.2, -0.15) is 0 Å². The van der Waals surface area contributed by atoms with Crippen molar-refractivity contribution in [1.29, 1.82) is 0 Å². The number of nitrogens with two attached hydrogens (primary N) is 1. The minimum Gasteiger partial charge on any atom is -0.402 e. The van der Waals surface area contributed by atoms with E-state index in [1.807, 2.05) is 0 Å². The SMILES string of the molecule is C=C(N)[C@@H]1CC=C(CO)CC1. The Morgan fingerprint density at radius 3 is 2.91 bits per heavy atom. The molecule has 1 aliphatic rings. The van der Waals surface area contributed by atoms with Gasteiger partial charge in [-0.3, -0.25) is 0 Å². The fourth-order valence-corrected chi connectivity index (χ4v) is 1.37. The van der Waals surface area contributed by atoms with Crippen LogP contribution < -0.4 is 5.73 Å². The number of aliphatic hydroxyl groups is 1. The van der Waals surface area contributed by atoms with Crippen LogP contribution in [0.15, 0.2) is 23.9 Å². The zero-order chi connectivity index (χ0) is 8.27. The Labute approximate surface area is 67.4 Å². The lowest BCUT2D eigenvalue weighted by atomic mass is 9.88. The van der Waals surface area contributed by atoms with E-state index in [1.165, 1.54) is 0 Å². The molecule has 62 valence electrons. The molecular weight excluding hydrogens is 138 g/mol. The van der Waals surface area contributed by atoms with Gasteiger partial charge in [0.15, 0.2) is 0 Å². The third-order valence-electron chi connectivity index (χ3n) is 2.23. The predicted octanol–water partition coefficient (Wildman–Crippen LogP) is 1.18. The molecule has 0 amide bonds. The lowest BCUT2D eigenvalue weighted by Gasteiger charge is -2.20. The third-order valence-corrected chi connectivity index (χ3v) is 2.23. The van der Waals surface area contributed by atoms with Crippen molar-refractivity contribution in [2.24, 2.45) is 11.7 Å². The van der Waals surface area contributed by atoms with Crippen LogP contribution in [0.5, 0.6) is 0 Å².